The first-order valence-corrected chi connectivity index (χ1v) is 8.69. The molecule has 0 amide bonds. The topological polar surface area (TPSA) is 96.7 Å². The van der Waals surface area contributed by atoms with Crippen molar-refractivity contribution in [2.24, 2.45) is 0 Å². The van der Waals surface area contributed by atoms with Gasteiger partial charge >= 0.3 is 0 Å². The summed E-state index contributed by atoms with van der Waals surface area (Å²) < 4.78 is 8.90. The monoisotopic (exact) mass is 363 g/mol. The van der Waals surface area contributed by atoms with Crippen molar-refractivity contribution in [2.75, 3.05) is 19.5 Å². The Morgan fingerprint density at radius 3 is 2.67 bits per heavy atom. The molecule has 4 rings (SSSR count). The van der Waals surface area contributed by atoms with Crippen LogP contribution >= 0.6 is 0 Å². The van der Waals surface area contributed by atoms with E-state index in [1.165, 1.54) is 0 Å². The van der Waals surface area contributed by atoms with Crippen LogP contribution in [-0.2, 0) is 11.3 Å². The van der Waals surface area contributed by atoms with Crippen LogP contribution < -0.4 is 5.73 Å². The van der Waals surface area contributed by atoms with E-state index >= 15 is 0 Å². The lowest BCUT2D eigenvalue weighted by molar-refractivity contribution is 0.188. The molecule has 0 aliphatic rings. The van der Waals surface area contributed by atoms with Gasteiger partial charge in [0, 0.05) is 30.6 Å². The summed E-state index contributed by atoms with van der Waals surface area (Å²) in [6, 6.07) is 9.62. The van der Waals surface area contributed by atoms with E-state index in [0.717, 1.165) is 22.6 Å². The van der Waals surface area contributed by atoms with Gasteiger partial charge in [-0.05, 0) is 26.0 Å². The number of rotatable bonds is 5. The fraction of sp³-hybridized carbons (Fsp3) is 0.263. The largest absolute Gasteiger partial charge is 0.398 e. The first kappa shape index (κ1) is 17.2. The number of fused-ring (bicyclic) bond motifs is 1. The highest BCUT2D eigenvalue weighted by Gasteiger charge is 2.18. The lowest BCUT2D eigenvalue weighted by Crippen LogP contribution is -2.09. The molecule has 8 nitrogen and oxygen atoms in total. The molecule has 1 aromatic carbocycles. The molecule has 0 atom stereocenters. The van der Waals surface area contributed by atoms with Gasteiger partial charge in [0.15, 0.2) is 5.65 Å². The predicted octanol–water partition coefficient (Wildman–Crippen LogP) is 2.52. The van der Waals surface area contributed by atoms with Crippen molar-refractivity contribution in [2.45, 2.75) is 20.4 Å². The molecule has 0 bridgehead atoms. The first-order valence-electron chi connectivity index (χ1n) is 8.69. The summed E-state index contributed by atoms with van der Waals surface area (Å²) in [4.78, 5) is 14.1. The van der Waals surface area contributed by atoms with Gasteiger partial charge in [-0.1, -0.05) is 18.2 Å². The van der Waals surface area contributed by atoms with Crippen molar-refractivity contribution in [3.63, 3.8) is 0 Å². The Labute approximate surface area is 156 Å². The maximum Gasteiger partial charge on any atom is 0.253 e. The summed E-state index contributed by atoms with van der Waals surface area (Å²) in [6.07, 6.45) is 1.76. The summed E-state index contributed by atoms with van der Waals surface area (Å²) >= 11 is 0. The Bertz CT molecular complexity index is 1110. The highest BCUT2D eigenvalue weighted by molar-refractivity contribution is 5.91. The van der Waals surface area contributed by atoms with E-state index in [4.69, 9.17) is 20.4 Å². The van der Waals surface area contributed by atoms with E-state index in [1.54, 1.807) is 18.1 Å². The van der Waals surface area contributed by atoms with E-state index in [9.17, 15) is 0 Å². The third-order valence-corrected chi connectivity index (χ3v) is 4.40. The standard InChI is InChI=1S/C19H21N7O/c1-12-10-13(2)26(24-12)19-22-16(14-6-4-5-7-15(14)20)17-18(23-19)25(11-21-17)8-9-27-3/h4-7,10-11H,8-9,20H2,1-3H3. The summed E-state index contributed by atoms with van der Waals surface area (Å²) in [5.41, 5.74) is 11.7. The Hall–Kier alpha value is -3.26. The first-order chi connectivity index (χ1) is 13.1. The van der Waals surface area contributed by atoms with Crippen LogP contribution in [0.4, 0.5) is 5.69 Å². The Kier molecular flexibility index (Phi) is 4.33. The minimum atomic E-state index is 0.491. The number of methoxy groups -OCH3 is 1. The molecule has 138 valence electrons. The van der Waals surface area contributed by atoms with E-state index in [0.29, 0.717) is 36.0 Å². The molecule has 0 fully saturated rings. The Balaban J connectivity index is 1.99. The van der Waals surface area contributed by atoms with Crippen molar-refractivity contribution in [3.8, 4) is 17.2 Å². The third-order valence-electron chi connectivity index (χ3n) is 4.40. The number of hydrogen-bond donors (Lipinski definition) is 1. The van der Waals surface area contributed by atoms with Crippen LogP contribution in [0, 0.1) is 13.8 Å². The molecule has 2 N–H and O–H groups in total. The molecule has 27 heavy (non-hydrogen) atoms. The number of hydrogen-bond acceptors (Lipinski definition) is 6. The normalized spacial score (nSPS) is 11.4. The number of para-hydroxylation sites is 1. The van der Waals surface area contributed by atoms with Crippen LogP contribution in [0.25, 0.3) is 28.4 Å². The molecule has 0 spiro atoms. The summed E-state index contributed by atoms with van der Waals surface area (Å²) in [6.45, 7) is 5.13. The van der Waals surface area contributed by atoms with E-state index < -0.39 is 0 Å². The third kappa shape index (κ3) is 3.04. The number of anilines is 1. The molecule has 4 aromatic rings. The average molecular weight is 363 g/mol. The van der Waals surface area contributed by atoms with Gasteiger partial charge in [0.05, 0.1) is 18.6 Å². The fourth-order valence-corrected chi connectivity index (χ4v) is 3.11. The van der Waals surface area contributed by atoms with Gasteiger partial charge in [-0.25, -0.2) is 14.6 Å². The Morgan fingerprint density at radius 1 is 1.15 bits per heavy atom. The van der Waals surface area contributed by atoms with Gasteiger partial charge in [-0.3, -0.25) is 0 Å². The molecule has 0 aliphatic carbocycles. The van der Waals surface area contributed by atoms with Crippen LogP contribution in [0.15, 0.2) is 36.7 Å². The minimum absolute atomic E-state index is 0.491. The summed E-state index contributed by atoms with van der Waals surface area (Å²) in [7, 11) is 1.67. The van der Waals surface area contributed by atoms with Crippen molar-refractivity contribution in [3.05, 3.63) is 48.0 Å². The van der Waals surface area contributed by atoms with Crippen LogP contribution in [0.2, 0.25) is 0 Å². The van der Waals surface area contributed by atoms with Crippen molar-refractivity contribution < 1.29 is 4.74 Å². The second-order valence-electron chi connectivity index (χ2n) is 6.40. The fourth-order valence-electron chi connectivity index (χ4n) is 3.11. The van der Waals surface area contributed by atoms with E-state index in [2.05, 4.69) is 10.1 Å². The van der Waals surface area contributed by atoms with Crippen molar-refractivity contribution >= 4 is 16.9 Å². The smallest absolute Gasteiger partial charge is 0.253 e. The van der Waals surface area contributed by atoms with Crippen molar-refractivity contribution in [1.82, 2.24) is 29.3 Å². The molecular weight excluding hydrogens is 342 g/mol. The minimum Gasteiger partial charge on any atom is -0.398 e. The molecular formula is C19H21N7O. The number of nitrogens with zero attached hydrogens (tertiary/aromatic N) is 6. The number of nitrogens with two attached hydrogens (primary N) is 1. The van der Waals surface area contributed by atoms with Gasteiger partial charge < -0.3 is 15.0 Å². The van der Waals surface area contributed by atoms with Gasteiger partial charge in [0.1, 0.15) is 11.2 Å². The molecule has 0 saturated carbocycles. The molecule has 0 saturated heterocycles. The number of ether oxygens (including phenoxy) is 1. The van der Waals surface area contributed by atoms with Gasteiger partial charge in [-0.2, -0.15) is 10.1 Å². The van der Waals surface area contributed by atoms with Crippen molar-refractivity contribution in [1.29, 1.82) is 0 Å². The molecule has 0 unspecified atom stereocenters. The zero-order valence-corrected chi connectivity index (χ0v) is 15.5. The zero-order chi connectivity index (χ0) is 19.0. The summed E-state index contributed by atoms with van der Waals surface area (Å²) in [5, 5.41) is 4.53. The van der Waals surface area contributed by atoms with Gasteiger partial charge in [-0.15, -0.1) is 0 Å². The number of nitrogen functional groups attached to an aromatic ring is 1. The lowest BCUT2D eigenvalue weighted by Gasteiger charge is -2.10. The number of aryl methyl sites for hydroxylation is 2. The number of imidazole rings is 1. The van der Waals surface area contributed by atoms with Gasteiger partial charge in [0.2, 0.25) is 0 Å². The average Bonchev–Trinajstić information content (AvgIpc) is 3.22. The lowest BCUT2D eigenvalue weighted by atomic mass is 10.1. The number of benzene rings is 1. The summed E-state index contributed by atoms with van der Waals surface area (Å²) in [5.74, 6) is 0.491. The van der Waals surface area contributed by atoms with E-state index in [1.807, 2.05) is 48.7 Å². The predicted molar refractivity (Wildman–Crippen MR) is 104 cm³/mol. The van der Waals surface area contributed by atoms with Gasteiger partial charge in [0.25, 0.3) is 5.95 Å². The van der Waals surface area contributed by atoms with Crippen LogP contribution in [-0.4, -0.2) is 43.0 Å². The highest BCUT2D eigenvalue weighted by atomic mass is 16.5. The second kappa shape index (κ2) is 6.81. The zero-order valence-electron chi connectivity index (χ0n) is 15.5. The number of aromatic nitrogens is 6. The highest BCUT2D eigenvalue weighted by Crippen LogP contribution is 2.30. The maximum atomic E-state index is 6.22. The molecule has 8 heteroatoms. The Morgan fingerprint density at radius 2 is 1.96 bits per heavy atom. The van der Waals surface area contributed by atoms with E-state index in [-0.39, 0.29) is 0 Å². The molecule has 3 heterocycles. The SMILES string of the molecule is COCCn1cnc2c(-c3ccccc3N)nc(-n3nc(C)cc3C)nc21. The van der Waals surface area contributed by atoms with Crippen LogP contribution in [0.5, 0.6) is 0 Å². The molecule has 0 radical (unpaired) electrons. The second-order valence-corrected chi connectivity index (χ2v) is 6.40. The van der Waals surface area contributed by atoms with Crippen LogP contribution in [0.3, 0.4) is 0 Å². The maximum absolute atomic E-state index is 6.22. The molecule has 3 aromatic heterocycles. The quantitative estimate of drug-likeness (QED) is 0.547. The van der Waals surface area contributed by atoms with Crippen LogP contribution in [0.1, 0.15) is 11.4 Å². The molecule has 0 aliphatic heterocycles.